The summed E-state index contributed by atoms with van der Waals surface area (Å²) in [5.74, 6) is -2.11. The monoisotopic (exact) mass is 330 g/mol. The number of anilines is 2. The molecular formula is C14H19FN2O4S. The van der Waals surface area contributed by atoms with Crippen LogP contribution < -0.4 is 9.21 Å². The summed E-state index contributed by atoms with van der Waals surface area (Å²) in [6, 6.07) is 3.98. The Morgan fingerprint density at radius 1 is 1.36 bits per heavy atom. The van der Waals surface area contributed by atoms with Crippen LogP contribution in [0, 0.1) is 11.7 Å². The van der Waals surface area contributed by atoms with Crippen LogP contribution in [0.1, 0.15) is 6.92 Å². The van der Waals surface area contributed by atoms with E-state index in [1.807, 2.05) is 0 Å². The van der Waals surface area contributed by atoms with Gasteiger partial charge in [-0.15, -0.1) is 0 Å². The number of benzene rings is 1. The van der Waals surface area contributed by atoms with Gasteiger partial charge in [0.15, 0.2) is 0 Å². The molecule has 1 atom stereocenters. The number of esters is 1. The maximum Gasteiger partial charge on any atom is 0.309 e. The first-order valence-corrected chi connectivity index (χ1v) is 8.46. The van der Waals surface area contributed by atoms with Crippen LogP contribution in [-0.2, 0) is 19.6 Å². The van der Waals surface area contributed by atoms with Gasteiger partial charge in [0.25, 0.3) is 0 Å². The van der Waals surface area contributed by atoms with Gasteiger partial charge in [-0.1, -0.05) is 6.92 Å². The Morgan fingerprint density at radius 3 is 2.68 bits per heavy atom. The van der Waals surface area contributed by atoms with Crippen molar-refractivity contribution in [3.05, 3.63) is 24.0 Å². The molecule has 1 aliphatic heterocycles. The number of hydrogen-bond donors (Lipinski definition) is 0. The third kappa shape index (κ3) is 3.16. The fourth-order valence-electron chi connectivity index (χ4n) is 2.46. The highest BCUT2D eigenvalue weighted by Crippen LogP contribution is 2.34. The summed E-state index contributed by atoms with van der Waals surface area (Å²) in [6.07, 6.45) is 0. The van der Waals surface area contributed by atoms with Crippen molar-refractivity contribution in [2.45, 2.75) is 6.92 Å². The van der Waals surface area contributed by atoms with Crippen molar-refractivity contribution in [3.8, 4) is 0 Å². The lowest BCUT2D eigenvalue weighted by molar-refractivity contribution is -0.144. The molecule has 122 valence electrons. The number of hydrogen-bond acceptors (Lipinski definition) is 5. The summed E-state index contributed by atoms with van der Waals surface area (Å²) in [4.78, 5) is 13.3. The lowest BCUT2D eigenvalue weighted by Crippen LogP contribution is -2.45. The Balaban J connectivity index is 2.34. The standard InChI is InChI=1S/C14H19FN2O4S/c1-10(14(18)21-3)9-22(19,20)17-7-6-16(2)13-8-11(15)4-5-12(13)17/h4-5,8,10H,6-7,9H2,1-3H3. The molecule has 6 nitrogen and oxygen atoms in total. The fourth-order valence-corrected chi connectivity index (χ4v) is 4.22. The Labute approximate surface area is 129 Å². The molecule has 0 aliphatic carbocycles. The number of ether oxygens (including phenoxy) is 1. The first-order valence-electron chi connectivity index (χ1n) is 6.85. The second-order valence-electron chi connectivity index (χ2n) is 5.33. The second kappa shape index (κ2) is 6.12. The van der Waals surface area contributed by atoms with Gasteiger partial charge in [-0.3, -0.25) is 9.10 Å². The molecule has 1 aliphatic rings. The van der Waals surface area contributed by atoms with E-state index in [1.54, 1.807) is 11.9 Å². The van der Waals surface area contributed by atoms with Crippen molar-refractivity contribution in [3.63, 3.8) is 0 Å². The quantitative estimate of drug-likeness (QED) is 0.777. The van der Waals surface area contributed by atoms with Crippen LogP contribution in [0.4, 0.5) is 15.8 Å². The summed E-state index contributed by atoms with van der Waals surface area (Å²) >= 11 is 0. The number of nitrogens with zero attached hydrogens (tertiary/aromatic N) is 2. The Kier molecular flexibility index (Phi) is 4.60. The topological polar surface area (TPSA) is 66.9 Å². The molecule has 0 saturated carbocycles. The van der Waals surface area contributed by atoms with E-state index in [-0.39, 0.29) is 12.3 Å². The molecule has 1 unspecified atom stereocenters. The average molecular weight is 330 g/mol. The third-order valence-electron chi connectivity index (χ3n) is 3.66. The number of methoxy groups -OCH3 is 1. The molecule has 0 spiro atoms. The largest absolute Gasteiger partial charge is 0.469 e. The molecule has 2 rings (SSSR count). The first kappa shape index (κ1) is 16.5. The minimum Gasteiger partial charge on any atom is -0.469 e. The van der Waals surface area contributed by atoms with E-state index < -0.39 is 27.7 Å². The number of carbonyl (C=O) groups excluding carboxylic acids is 1. The molecule has 0 N–H and O–H groups in total. The molecule has 1 heterocycles. The van der Waals surface area contributed by atoms with Gasteiger partial charge >= 0.3 is 5.97 Å². The van der Waals surface area contributed by atoms with Crippen molar-refractivity contribution in [1.82, 2.24) is 0 Å². The summed E-state index contributed by atoms with van der Waals surface area (Å²) in [7, 11) is -0.705. The van der Waals surface area contributed by atoms with Crippen molar-refractivity contribution >= 4 is 27.4 Å². The smallest absolute Gasteiger partial charge is 0.309 e. The number of rotatable bonds is 4. The number of carbonyl (C=O) groups is 1. The van der Waals surface area contributed by atoms with Crippen molar-refractivity contribution in [2.75, 3.05) is 42.2 Å². The lowest BCUT2D eigenvalue weighted by Gasteiger charge is -2.36. The van der Waals surface area contributed by atoms with Gasteiger partial charge in [-0.05, 0) is 18.2 Å². The number of fused-ring (bicyclic) bond motifs is 1. The fraction of sp³-hybridized carbons (Fsp3) is 0.500. The van der Waals surface area contributed by atoms with Gasteiger partial charge in [0.2, 0.25) is 10.0 Å². The molecule has 8 heteroatoms. The first-order chi connectivity index (χ1) is 10.3. The summed E-state index contributed by atoms with van der Waals surface area (Å²) in [5.41, 5.74) is 0.938. The van der Waals surface area contributed by atoms with E-state index in [1.165, 1.54) is 36.5 Å². The minimum absolute atomic E-state index is 0.255. The van der Waals surface area contributed by atoms with E-state index in [2.05, 4.69) is 4.74 Å². The van der Waals surface area contributed by atoms with E-state index in [0.29, 0.717) is 17.9 Å². The highest BCUT2D eigenvalue weighted by atomic mass is 32.2. The summed E-state index contributed by atoms with van der Waals surface area (Å²) < 4.78 is 44.4. The highest BCUT2D eigenvalue weighted by Gasteiger charge is 2.32. The zero-order chi connectivity index (χ0) is 16.5. The predicted octanol–water partition coefficient (Wildman–Crippen LogP) is 1.22. The van der Waals surface area contributed by atoms with Crippen LogP contribution in [0.5, 0.6) is 0 Å². The van der Waals surface area contributed by atoms with Crippen LogP contribution in [0.2, 0.25) is 0 Å². The van der Waals surface area contributed by atoms with E-state index in [4.69, 9.17) is 0 Å². The summed E-state index contributed by atoms with van der Waals surface area (Å²) in [6.45, 7) is 2.21. The SMILES string of the molecule is COC(=O)C(C)CS(=O)(=O)N1CCN(C)c2cc(F)ccc21. The van der Waals surface area contributed by atoms with Gasteiger partial charge in [-0.2, -0.15) is 0 Å². The number of sulfonamides is 1. The van der Waals surface area contributed by atoms with Crippen molar-refractivity contribution in [2.24, 2.45) is 5.92 Å². The van der Waals surface area contributed by atoms with Crippen LogP contribution in [-0.4, -0.2) is 47.4 Å². The van der Waals surface area contributed by atoms with E-state index >= 15 is 0 Å². The van der Waals surface area contributed by atoms with Gasteiger partial charge in [-0.25, -0.2) is 12.8 Å². The Bertz CT molecular complexity index is 677. The second-order valence-corrected chi connectivity index (χ2v) is 7.27. The molecule has 0 bridgehead atoms. The molecule has 0 fully saturated rings. The number of likely N-dealkylation sites (N-methyl/N-ethyl adjacent to an activating group) is 1. The Morgan fingerprint density at radius 2 is 2.05 bits per heavy atom. The summed E-state index contributed by atoms with van der Waals surface area (Å²) in [5, 5.41) is 0. The molecule has 0 aromatic heterocycles. The zero-order valence-electron chi connectivity index (χ0n) is 12.7. The van der Waals surface area contributed by atoms with Gasteiger partial charge < -0.3 is 9.64 Å². The van der Waals surface area contributed by atoms with Crippen LogP contribution in [0.3, 0.4) is 0 Å². The third-order valence-corrected chi connectivity index (χ3v) is 5.63. The molecule has 1 aromatic carbocycles. The molecule has 0 saturated heterocycles. The molecule has 0 amide bonds. The predicted molar refractivity (Wildman–Crippen MR) is 82.0 cm³/mol. The van der Waals surface area contributed by atoms with Gasteiger partial charge in [0.05, 0.1) is 36.7 Å². The minimum atomic E-state index is -3.70. The van der Waals surface area contributed by atoms with Crippen LogP contribution in [0.25, 0.3) is 0 Å². The van der Waals surface area contributed by atoms with Crippen molar-refractivity contribution < 1.29 is 22.3 Å². The molecule has 22 heavy (non-hydrogen) atoms. The van der Waals surface area contributed by atoms with Gasteiger partial charge in [0.1, 0.15) is 5.82 Å². The normalized spacial score (nSPS) is 16.2. The van der Waals surface area contributed by atoms with E-state index in [0.717, 1.165) is 0 Å². The maximum atomic E-state index is 13.4. The van der Waals surface area contributed by atoms with Crippen LogP contribution in [0.15, 0.2) is 18.2 Å². The van der Waals surface area contributed by atoms with E-state index in [9.17, 15) is 17.6 Å². The zero-order valence-corrected chi connectivity index (χ0v) is 13.6. The van der Waals surface area contributed by atoms with Crippen LogP contribution >= 0.6 is 0 Å². The molecular weight excluding hydrogens is 311 g/mol. The highest BCUT2D eigenvalue weighted by molar-refractivity contribution is 7.92. The maximum absolute atomic E-state index is 13.4. The van der Waals surface area contributed by atoms with Crippen molar-refractivity contribution in [1.29, 1.82) is 0 Å². The number of halogens is 1. The molecule has 1 aromatic rings. The average Bonchev–Trinajstić information content (AvgIpc) is 2.46. The lowest BCUT2D eigenvalue weighted by atomic mass is 10.2. The Hall–Kier alpha value is -1.83. The van der Waals surface area contributed by atoms with Gasteiger partial charge in [0, 0.05) is 13.6 Å². The molecule has 0 radical (unpaired) electrons.